The standard InChI is InChI=1S/C15H14ClF3N2O2S/c1-2-24(22,23)21-12-6-4-11(5-7-12)20-14-9-10(15(17,18)19)3-8-13(14)16/h3-9,20-21H,2H2,1H3. The van der Waals surface area contributed by atoms with Gasteiger partial charge in [0, 0.05) is 11.4 Å². The van der Waals surface area contributed by atoms with E-state index in [1.807, 2.05) is 0 Å². The molecule has 0 radical (unpaired) electrons. The molecule has 0 aromatic heterocycles. The second-order valence-corrected chi connectivity index (χ2v) is 7.32. The van der Waals surface area contributed by atoms with Crippen LogP contribution in [0.4, 0.5) is 30.2 Å². The molecular formula is C15H14ClF3N2O2S. The quantitative estimate of drug-likeness (QED) is 0.780. The van der Waals surface area contributed by atoms with Crippen molar-refractivity contribution in [3.05, 3.63) is 53.1 Å². The summed E-state index contributed by atoms with van der Waals surface area (Å²) >= 11 is 5.91. The van der Waals surface area contributed by atoms with Gasteiger partial charge in [0.25, 0.3) is 0 Å². The lowest BCUT2D eigenvalue weighted by molar-refractivity contribution is -0.137. The predicted octanol–water partition coefficient (Wildman–Crippen LogP) is 4.86. The molecule has 0 aliphatic rings. The van der Waals surface area contributed by atoms with Gasteiger partial charge in [0.1, 0.15) is 0 Å². The van der Waals surface area contributed by atoms with Crippen LogP contribution < -0.4 is 10.0 Å². The number of benzene rings is 2. The largest absolute Gasteiger partial charge is 0.416 e. The minimum atomic E-state index is -4.47. The molecule has 0 amide bonds. The number of sulfonamides is 1. The zero-order valence-corrected chi connectivity index (χ0v) is 14.1. The third-order valence-electron chi connectivity index (χ3n) is 3.11. The average molecular weight is 379 g/mol. The molecule has 2 aromatic carbocycles. The SMILES string of the molecule is CCS(=O)(=O)Nc1ccc(Nc2cc(C(F)(F)F)ccc2Cl)cc1. The van der Waals surface area contributed by atoms with Crippen molar-refractivity contribution in [2.24, 2.45) is 0 Å². The number of nitrogens with one attached hydrogen (secondary N) is 2. The summed E-state index contributed by atoms with van der Waals surface area (Å²) in [5.74, 6) is -0.0627. The van der Waals surface area contributed by atoms with Crippen molar-refractivity contribution in [3.8, 4) is 0 Å². The average Bonchev–Trinajstić information content (AvgIpc) is 2.50. The van der Waals surface area contributed by atoms with E-state index in [0.717, 1.165) is 18.2 Å². The number of hydrogen-bond donors (Lipinski definition) is 2. The van der Waals surface area contributed by atoms with Crippen LogP contribution in [-0.4, -0.2) is 14.2 Å². The van der Waals surface area contributed by atoms with Crippen LogP contribution in [0.25, 0.3) is 0 Å². The van der Waals surface area contributed by atoms with Gasteiger partial charge >= 0.3 is 6.18 Å². The van der Waals surface area contributed by atoms with Crippen molar-refractivity contribution in [1.82, 2.24) is 0 Å². The molecule has 2 aromatic rings. The minimum absolute atomic E-state index is 0.0627. The molecule has 9 heteroatoms. The van der Waals surface area contributed by atoms with Gasteiger partial charge in [0.15, 0.2) is 0 Å². The monoisotopic (exact) mass is 378 g/mol. The van der Waals surface area contributed by atoms with E-state index < -0.39 is 21.8 Å². The molecular weight excluding hydrogens is 365 g/mol. The van der Waals surface area contributed by atoms with E-state index in [9.17, 15) is 21.6 Å². The van der Waals surface area contributed by atoms with Gasteiger partial charge in [-0.2, -0.15) is 13.2 Å². The fraction of sp³-hybridized carbons (Fsp3) is 0.200. The first-order valence-corrected chi connectivity index (χ1v) is 8.88. The van der Waals surface area contributed by atoms with Gasteiger partial charge in [-0.25, -0.2) is 8.42 Å². The Labute approximate surface area is 142 Å². The highest BCUT2D eigenvalue weighted by Gasteiger charge is 2.30. The first-order valence-electron chi connectivity index (χ1n) is 6.85. The van der Waals surface area contributed by atoms with E-state index in [1.165, 1.54) is 31.2 Å². The summed E-state index contributed by atoms with van der Waals surface area (Å²) in [6.07, 6.45) is -4.47. The van der Waals surface area contributed by atoms with Gasteiger partial charge in [-0.3, -0.25) is 4.72 Å². The van der Waals surface area contributed by atoms with E-state index in [4.69, 9.17) is 11.6 Å². The summed E-state index contributed by atoms with van der Waals surface area (Å²) in [4.78, 5) is 0. The number of halogens is 4. The Balaban J connectivity index is 2.20. The molecule has 0 saturated carbocycles. The first-order chi connectivity index (χ1) is 11.1. The van der Waals surface area contributed by atoms with E-state index in [1.54, 1.807) is 0 Å². The lowest BCUT2D eigenvalue weighted by atomic mass is 10.2. The summed E-state index contributed by atoms with van der Waals surface area (Å²) in [6, 6.07) is 9.03. The van der Waals surface area contributed by atoms with Gasteiger partial charge in [0.05, 0.1) is 22.0 Å². The van der Waals surface area contributed by atoms with Crippen LogP contribution >= 0.6 is 11.6 Å². The van der Waals surface area contributed by atoms with Crippen molar-refractivity contribution < 1.29 is 21.6 Å². The van der Waals surface area contributed by atoms with Gasteiger partial charge < -0.3 is 5.32 Å². The molecule has 0 saturated heterocycles. The van der Waals surface area contributed by atoms with Gasteiger partial charge in [-0.15, -0.1) is 0 Å². The Kier molecular flexibility index (Phi) is 5.29. The van der Waals surface area contributed by atoms with Crippen LogP contribution in [0.1, 0.15) is 12.5 Å². The fourth-order valence-electron chi connectivity index (χ4n) is 1.83. The van der Waals surface area contributed by atoms with Crippen molar-refractivity contribution in [2.75, 3.05) is 15.8 Å². The lowest BCUT2D eigenvalue weighted by Gasteiger charge is -2.13. The molecule has 2 N–H and O–H groups in total. The van der Waals surface area contributed by atoms with Crippen molar-refractivity contribution >= 4 is 38.7 Å². The van der Waals surface area contributed by atoms with Crippen LogP contribution in [0.3, 0.4) is 0 Å². The molecule has 4 nitrogen and oxygen atoms in total. The normalized spacial score (nSPS) is 12.0. The molecule has 0 atom stereocenters. The summed E-state index contributed by atoms with van der Waals surface area (Å²) in [5, 5.41) is 2.92. The van der Waals surface area contributed by atoms with Crippen LogP contribution in [0.5, 0.6) is 0 Å². The maximum absolute atomic E-state index is 12.7. The number of anilines is 3. The summed E-state index contributed by atoms with van der Waals surface area (Å²) in [7, 11) is -3.39. The maximum Gasteiger partial charge on any atom is 0.416 e. The van der Waals surface area contributed by atoms with E-state index in [-0.39, 0.29) is 16.5 Å². The Morgan fingerprint density at radius 1 is 1.04 bits per heavy atom. The highest BCUT2D eigenvalue weighted by molar-refractivity contribution is 7.92. The van der Waals surface area contributed by atoms with Crippen LogP contribution in [0.15, 0.2) is 42.5 Å². The Morgan fingerprint density at radius 3 is 2.17 bits per heavy atom. The van der Waals surface area contributed by atoms with Crippen LogP contribution in [-0.2, 0) is 16.2 Å². The second kappa shape index (κ2) is 6.90. The van der Waals surface area contributed by atoms with Crippen molar-refractivity contribution in [3.63, 3.8) is 0 Å². The van der Waals surface area contributed by atoms with E-state index in [0.29, 0.717) is 11.4 Å². The molecule has 2 rings (SSSR count). The summed E-state index contributed by atoms with van der Waals surface area (Å²) in [6.45, 7) is 1.51. The number of rotatable bonds is 5. The van der Waals surface area contributed by atoms with Gasteiger partial charge in [-0.1, -0.05) is 11.6 Å². The lowest BCUT2D eigenvalue weighted by Crippen LogP contribution is -2.14. The van der Waals surface area contributed by atoms with Crippen LogP contribution in [0, 0.1) is 0 Å². The third kappa shape index (κ3) is 4.78. The van der Waals surface area contributed by atoms with Crippen LogP contribution in [0.2, 0.25) is 5.02 Å². The van der Waals surface area contributed by atoms with E-state index >= 15 is 0 Å². The molecule has 0 aliphatic heterocycles. The van der Waals surface area contributed by atoms with Gasteiger partial charge in [-0.05, 0) is 49.4 Å². The first kappa shape index (κ1) is 18.4. The summed E-state index contributed by atoms with van der Waals surface area (Å²) in [5.41, 5.74) is 0.114. The molecule has 130 valence electrons. The molecule has 0 unspecified atom stereocenters. The molecule has 0 fully saturated rings. The summed E-state index contributed by atoms with van der Waals surface area (Å²) < 4.78 is 63.5. The molecule has 0 heterocycles. The highest BCUT2D eigenvalue weighted by atomic mass is 35.5. The third-order valence-corrected chi connectivity index (χ3v) is 4.75. The second-order valence-electron chi connectivity index (χ2n) is 4.90. The topological polar surface area (TPSA) is 58.2 Å². The Bertz CT molecular complexity index is 822. The Hall–Kier alpha value is -1.93. The maximum atomic E-state index is 12.7. The van der Waals surface area contributed by atoms with Crippen molar-refractivity contribution in [2.45, 2.75) is 13.1 Å². The Morgan fingerprint density at radius 2 is 1.62 bits per heavy atom. The fourth-order valence-corrected chi connectivity index (χ4v) is 2.63. The van der Waals surface area contributed by atoms with Gasteiger partial charge in [0.2, 0.25) is 10.0 Å². The molecule has 0 aliphatic carbocycles. The predicted molar refractivity (Wildman–Crippen MR) is 89.3 cm³/mol. The van der Waals surface area contributed by atoms with Crippen molar-refractivity contribution in [1.29, 1.82) is 0 Å². The zero-order valence-electron chi connectivity index (χ0n) is 12.5. The molecule has 0 bridgehead atoms. The number of hydrogen-bond acceptors (Lipinski definition) is 3. The zero-order chi connectivity index (χ0) is 18.0. The molecule has 24 heavy (non-hydrogen) atoms. The minimum Gasteiger partial charge on any atom is -0.354 e. The number of alkyl halides is 3. The van der Waals surface area contributed by atoms with E-state index in [2.05, 4.69) is 10.0 Å². The smallest absolute Gasteiger partial charge is 0.354 e. The highest BCUT2D eigenvalue weighted by Crippen LogP contribution is 2.35. The molecule has 0 spiro atoms.